The lowest BCUT2D eigenvalue weighted by Crippen LogP contribution is -2.41. The number of rotatable bonds is 7. The minimum absolute atomic E-state index is 0.0413. The predicted octanol–water partition coefficient (Wildman–Crippen LogP) is 5.83. The molecule has 1 N–H and O–H groups in total. The molecule has 2 aromatic carbocycles. The molecule has 0 saturated heterocycles. The highest BCUT2D eigenvalue weighted by atomic mass is 35.5. The van der Waals surface area contributed by atoms with E-state index < -0.39 is 11.6 Å². The van der Waals surface area contributed by atoms with E-state index in [0.717, 1.165) is 16.7 Å². The molecule has 1 aromatic heterocycles. The number of fused-ring (bicyclic) bond motifs is 1. The van der Waals surface area contributed by atoms with E-state index >= 15 is 0 Å². The van der Waals surface area contributed by atoms with Gasteiger partial charge in [0.05, 0.1) is 43.3 Å². The van der Waals surface area contributed by atoms with Crippen LogP contribution in [0, 0.1) is 0 Å². The molecule has 2 heterocycles. The third-order valence-corrected chi connectivity index (χ3v) is 6.66. The minimum Gasteiger partial charge on any atom is -0.493 e. The summed E-state index contributed by atoms with van der Waals surface area (Å²) in [5, 5.41) is 11.2. The van der Waals surface area contributed by atoms with Crippen molar-refractivity contribution < 1.29 is 19.4 Å². The van der Waals surface area contributed by atoms with Gasteiger partial charge < -0.3 is 14.6 Å². The molecule has 0 radical (unpaired) electrons. The highest BCUT2D eigenvalue weighted by molar-refractivity contribution is 6.30. The first-order chi connectivity index (χ1) is 16.6. The molecule has 184 valence electrons. The maximum Gasteiger partial charge on any atom is 0.232 e. The van der Waals surface area contributed by atoms with Crippen LogP contribution in [-0.2, 0) is 16.8 Å². The maximum absolute atomic E-state index is 13.6. The van der Waals surface area contributed by atoms with Crippen LogP contribution in [0.25, 0.3) is 0 Å². The Morgan fingerprint density at radius 1 is 1.17 bits per heavy atom. The van der Waals surface area contributed by atoms with Crippen molar-refractivity contribution in [1.82, 2.24) is 4.98 Å². The summed E-state index contributed by atoms with van der Waals surface area (Å²) in [7, 11) is 1.60. The van der Waals surface area contributed by atoms with Gasteiger partial charge in [-0.1, -0.05) is 30.7 Å². The number of pyridine rings is 1. The van der Waals surface area contributed by atoms with Crippen LogP contribution < -0.4 is 14.4 Å². The monoisotopic (exact) mass is 494 g/mol. The van der Waals surface area contributed by atoms with E-state index in [-0.39, 0.29) is 18.4 Å². The Balaban J connectivity index is 1.88. The van der Waals surface area contributed by atoms with Gasteiger partial charge in [-0.25, -0.2) is 0 Å². The average molecular weight is 495 g/mol. The second-order valence-electron chi connectivity index (χ2n) is 9.29. The fourth-order valence-corrected chi connectivity index (χ4v) is 4.48. The molecule has 0 bridgehead atoms. The number of anilines is 1. The Morgan fingerprint density at radius 2 is 1.89 bits per heavy atom. The van der Waals surface area contributed by atoms with Gasteiger partial charge in [0.15, 0.2) is 11.5 Å². The Hall–Kier alpha value is -3.09. The smallest absolute Gasteiger partial charge is 0.232 e. The van der Waals surface area contributed by atoms with E-state index in [1.54, 1.807) is 31.2 Å². The molecule has 4 rings (SSSR count). The van der Waals surface area contributed by atoms with Crippen molar-refractivity contribution in [1.29, 1.82) is 0 Å². The molecule has 6 nitrogen and oxygen atoms in total. The number of aliphatic hydroxyl groups is 1. The zero-order chi connectivity index (χ0) is 25.3. The molecule has 35 heavy (non-hydrogen) atoms. The van der Waals surface area contributed by atoms with E-state index in [1.807, 2.05) is 63.2 Å². The summed E-state index contributed by atoms with van der Waals surface area (Å²) in [6, 6.07) is 14.6. The van der Waals surface area contributed by atoms with Crippen molar-refractivity contribution in [2.75, 3.05) is 12.0 Å². The third-order valence-electron chi connectivity index (χ3n) is 6.40. The second-order valence-corrected chi connectivity index (χ2v) is 9.73. The number of ether oxygens (including phenoxy) is 2. The first-order valence-electron chi connectivity index (χ1n) is 11.8. The summed E-state index contributed by atoms with van der Waals surface area (Å²) in [5.41, 5.74) is 2.93. The standard InChI is InChI=1S/C28H31ClN2O4/c1-6-28(4,33)25-12-11-21(16-30-25)31-26(32)14-19-13-23(34-5)24(35-17(2)3)15-22(19)27(31)18-7-9-20(29)10-8-18/h7-13,15-17,27,33H,6,14H2,1-5H3/t27?,28-/m0/s1. The summed E-state index contributed by atoms with van der Waals surface area (Å²) >= 11 is 6.18. The summed E-state index contributed by atoms with van der Waals surface area (Å²) in [4.78, 5) is 19.8. The van der Waals surface area contributed by atoms with Gasteiger partial charge in [-0.3, -0.25) is 14.7 Å². The largest absolute Gasteiger partial charge is 0.493 e. The Bertz CT molecular complexity index is 1210. The van der Waals surface area contributed by atoms with Gasteiger partial charge in [-0.2, -0.15) is 0 Å². The summed E-state index contributed by atoms with van der Waals surface area (Å²) in [6.45, 7) is 7.56. The lowest BCUT2D eigenvalue weighted by Gasteiger charge is -2.38. The summed E-state index contributed by atoms with van der Waals surface area (Å²) in [6.07, 6.45) is 2.36. The van der Waals surface area contributed by atoms with Crippen LogP contribution in [0.3, 0.4) is 0 Å². The number of hydrogen-bond acceptors (Lipinski definition) is 5. The molecule has 0 saturated carbocycles. The lowest BCUT2D eigenvalue weighted by molar-refractivity contribution is -0.118. The number of nitrogens with zero attached hydrogens (tertiary/aromatic N) is 2. The molecule has 3 aromatic rings. The fourth-order valence-electron chi connectivity index (χ4n) is 4.36. The number of hydrogen-bond donors (Lipinski definition) is 1. The molecule has 1 aliphatic rings. The van der Waals surface area contributed by atoms with Gasteiger partial charge >= 0.3 is 0 Å². The van der Waals surface area contributed by atoms with E-state index in [0.29, 0.717) is 34.3 Å². The summed E-state index contributed by atoms with van der Waals surface area (Å²) in [5.74, 6) is 1.16. The maximum atomic E-state index is 13.6. The van der Waals surface area contributed by atoms with Crippen LogP contribution in [-0.4, -0.2) is 29.2 Å². The van der Waals surface area contributed by atoms with Gasteiger partial charge in [0.1, 0.15) is 5.60 Å². The minimum atomic E-state index is -1.04. The number of benzene rings is 2. The fraction of sp³-hybridized carbons (Fsp3) is 0.357. The predicted molar refractivity (Wildman–Crippen MR) is 137 cm³/mol. The van der Waals surface area contributed by atoms with Crippen molar-refractivity contribution in [3.8, 4) is 11.5 Å². The van der Waals surface area contributed by atoms with Gasteiger partial charge in [0.25, 0.3) is 0 Å². The second kappa shape index (κ2) is 9.88. The van der Waals surface area contributed by atoms with Crippen LogP contribution in [0.2, 0.25) is 5.02 Å². The van der Waals surface area contributed by atoms with E-state index in [2.05, 4.69) is 4.98 Å². The van der Waals surface area contributed by atoms with Crippen molar-refractivity contribution in [3.63, 3.8) is 0 Å². The van der Waals surface area contributed by atoms with Gasteiger partial charge in [0.2, 0.25) is 5.91 Å². The zero-order valence-electron chi connectivity index (χ0n) is 20.7. The van der Waals surface area contributed by atoms with Crippen molar-refractivity contribution in [3.05, 3.63) is 82.1 Å². The number of amides is 1. The first kappa shape index (κ1) is 25.0. The average Bonchev–Trinajstić information content (AvgIpc) is 2.83. The number of carbonyl (C=O) groups is 1. The van der Waals surface area contributed by atoms with Crippen LogP contribution in [0.5, 0.6) is 11.5 Å². The topological polar surface area (TPSA) is 71.9 Å². The highest BCUT2D eigenvalue weighted by Gasteiger charge is 2.36. The van der Waals surface area contributed by atoms with Crippen LogP contribution in [0.4, 0.5) is 5.69 Å². The molecule has 2 atom stereocenters. The molecule has 0 spiro atoms. The first-order valence-corrected chi connectivity index (χ1v) is 12.2. The van der Waals surface area contributed by atoms with Gasteiger partial charge in [0, 0.05) is 5.02 Å². The van der Waals surface area contributed by atoms with Gasteiger partial charge in [-0.05, 0) is 80.3 Å². The van der Waals surface area contributed by atoms with Crippen LogP contribution in [0.1, 0.15) is 62.5 Å². The molecular weight excluding hydrogens is 464 g/mol. The highest BCUT2D eigenvalue weighted by Crippen LogP contribution is 2.43. The third kappa shape index (κ3) is 5.00. The number of carbonyl (C=O) groups excluding carboxylic acids is 1. The SMILES string of the molecule is CC[C@](C)(O)c1ccc(N2C(=O)Cc3cc(OC)c(OC(C)C)cc3C2c2ccc(Cl)cc2)cn1. The summed E-state index contributed by atoms with van der Waals surface area (Å²) < 4.78 is 11.6. The molecule has 1 amide bonds. The van der Waals surface area contributed by atoms with E-state index in [4.69, 9.17) is 21.1 Å². The van der Waals surface area contributed by atoms with Gasteiger partial charge in [-0.15, -0.1) is 0 Å². The zero-order valence-corrected chi connectivity index (χ0v) is 21.5. The Morgan fingerprint density at radius 3 is 2.46 bits per heavy atom. The van der Waals surface area contributed by atoms with Crippen LogP contribution >= 0.6 is 11.6 Å². The molecule has 1 unspecified atom stereocenters. The number of aromatic nitrogens is 1. The van der Waals surface area contributed by atoms with E-state index in [1.165, 1.54) is 0 Å². The molecule has 0 fully saturated rings. The number of methoxy groups -OCH3 is 1. The van der Waals surface area contributed by atoms with Crippen molar-refractivity contribution >= 4 is 23.2 Å². The van der Waals surface area contributed by atoms with E-state index in [9.17, 15) is 9.90 Å². The number of halogens is 1. The molecule has 1 aliphatic heterocycles. The Kier molecular flexibility index (Phi) is 7.06. The van der Waals surface area contributed by atoms with Crippen molar-refractivity contribution in [2.24, 2.45) is 0 Å². The van der Waals surface area contributed by atoms with Crippen LogP contribution in [0.15, 0.2) is 54.7 Å². The molecular formula is C28H31ClN2O4. The Labute approximate surface area is 211 Å². The molecule has 0 aliphatic carbocycles. The normalized spacial score (nSPS) is 17.2. The van der Waals surface area contributed by atoms with Crippen molar-refractivity contribution in [2.45, 2.75) is 58.3 Å². The molecule has 7 heteroatoms. The lowest BCUT2D eigenvalue weighted by atomic mass is 9.87. The quantitative estimate of drug-likeness (QED) is 0.447.